The Balaban J connectivity index is 2.03. The Labute approximate surface area is 132 Å². The predicted molar refractivity (Wildman–Crippen MR) is 87.2 cm³/mol. The summed E-state index contributed by atoms with van der Waals surface area (Å²) in [5.74, 6) is 0. The van der Waals surface area contributed by atoms with Crippen molar-refractivity contribution in [3.05, 3.63) is 17.0 Å². The zero-order valence-electron chi connectivity index (χ0n) is 13.0. The number of nitrogens with one attached hydrogen (secondary N) is 1. The summed E-state index contributed by atoms with van der Waals surface area (Å²) in [6.07, 6.45) is 0. The Kier molecular flexibility index (Phi) is 5.79. The van der Waals surface area contributed by atoms with Crippen molar-refractivity contribution in [1.29, 1.82) is 0 Å². The van der Waals surface area contributed by atoms with Crippen LogP contribution in [-0.2, 0) is 16.6 Å². The number of hydrogen-bond acceptors (Lipinski definition) is 5. The van der Waals surface area contributed by atoms with E-state index in [-0.39, 0.29) is 0 Å². The van der Waals surface area contributed by atoms with Gasteiger partial charge in [-0.15, -0.1) is 11.3 Å². The molecular weight excluding hydrogens is 306 g/mol. The minimum Gasteiger partial charge on any atom is -0.310 e. The van der Waals surface area contributed by atoms with Crippen LogP contribution in [0.5, 0.6) is 0 Å². The SMILES string of the molecule is CCN1CCN(S(=O)(=O)c2cc(CNC(C)C)cs2)CC1. The monoisotopic (exact) mass is 331 g/mol. The molecule has 5 nitrogen and oxygen atoms in total. The molecule has 1 fully saturated rings. The van der Waals surface area contributed by atoms with Gasteiger partial charge in [-0.05, 0) is 23.6 Å². The highest BCUT2D eigenvalue weighted by Gasteiger charge is 2.29. The van der Waals surface area contributed by atoms with Crippen LogP contribution in [0.2, 0.25) is 0 Å². The number of sulfonamides is 1. The molecule has 0 saturated carbocycles. The molecule has 0 spiro atoms. The lowest BCUT2D eigenvalue weighted by atomic mass is 10.3. The van der Waals surface area contributed by atoms with Crippen LogP contribution in [0.25, 0.3) is 0 Å². The fourth-order valence-corrected chi connectivity index (χ4v) is 5.10. The van der Waals surface area contributed by atoms with E-state index in [9.17, 15) is 8.42 Å². The molecule has 1 aromatic rings. The Morgan fingerprint density at radius 3 is 2.52 bits per heavy atom. The van der Waals surface area contributed by atoms with Crippen LogP contribution in [0.3, 0.4) is 0 Å². The van der Waals surface area contributed by atoms with Gasteiger partial charge in [-0.1, -0.05) is 20.8 Å². The van der Waals surface area contributed by atoms with Crippen molar-refractivity contribution in [3.8, 4) is 0 Å². The quantitative estimate of drug-likeness (QED) is 0.860. The van der Waals surface area contributed by atoms with Crippen molar-refractivity contribution in [2.24, 2.45) is 0 Å². The molecule has 0 unspecified atom stereocenters. The van der Waals surface area contributed by atoms with Gasteiger partial charge in [0.2, 0.25) is 0 Å². The van der Waals surface area contributed by atoms with Crippen molar-refractivity contribution in [3.63, 3.8) is 0 Å². The van der Waals surface area contributed by atoms with E-state index in [1.165, 1.54) is 11.3 Å². The van der Waals surface area contributed by atoms with E-state index in [1.54, 1.807) is 4.31 Å². The molecule has 1 aromatic heterocycles. The maximum absolute atomic E-state index is 12.6. The summed E-state index contributed by atoms with van der Waals surface area (Å²) in [5, 5.41) is 5.25. The Bertz CT molecular complexity index is 546. The van der Waals surface area contributed by atoms with E-state index >= 15 is 0 Å². The van der Waals surface area contributed by atoms with Crippen molar-refractivity contribution >= 4 is 21.4 Å². The van der Waals surface area contributed by atoms with Gasteiger partial charge >= 0.3 is 0 Å². The van der Waals surface area contributed by atoms with Gasteiger partial charge in [-0.25, -0.2) is 8.42 Å². The zero-order chi connectivity index (χ0) is 15.5. The van der Waals surface area contributed by atoms with Crippen molar-refractivity contribution < 1.29 is 8.42 Å². The lowest BCUT2D eigenvalue weighted by molar-refractivity contribution is 0.196. The van der Waals surface area contributed by atoms with Crippen LogP contribution in [0.15, 0.2) is 15.7 Å². The molecule has 1 saturated heterocycles. The molecule has 21 heavy (non-hydrogen) atoms. The van der Waals surface area contributed by atoms with Gasteiger partial charge in [-0.3, -0.25) is 0 Å². The van der Waals surface area contributed by atoms with Gasteiger partial charge in [0, 0.05) is 38.8 Å². The first-order valence-corrected chi connectivity index (χ1v) is 9.78. The zero-order valence-corrected chi connectivity index (χ0v) is 14.6. The third kappa shape index (κ3) is 4.26. The van der Waals surface area contributed by atoms with Crippen LogP contribution in [0, 0.1) is 0 Å². The van der Waals surface area contributed by atoms with Crippen LogP contribution in [0.4, 0.5) is 0 Å². The smallest absolute Gasteiger partial charge is 0.252 e. The Morgan fingerprint density at radius 2 is 1.95 bits per heavy atom. The summed E-state index contributed by atoms with van der Waals surface area (Å²) in [4.78, 5) is 2.28. The Hall–Kier alpha value is -0.470. The fourth-order valence-electron chi connectivity index (χ4n) is 2.32. The molecule has 2 rings (SSSR count). The van der Waals surface area contributed by atoms with Crippen LogP contribution in [-0.4, -0.2) is 56.4 Å². The van der Waals surface area contributed by atoms with E-state index in [2.05, 4.69) is 31.0 Å². The molecule has 0 bridgehead atoms. The highest BCUT2D eigenvalue weighted by molar-refractivity contribution is 7.91. The number of hydrogen-bond donors (Lipinski definition) is 1. The largest absolute Gasteiger partial charge is 0.310 e. The van der Waals surface area contributed by atoms with Crippen LogP contribution >= 0.6 is 11.3 Å². The summed E-state index contributed by atoms with van der Waals surface area (Å²) >= 11 is 1.33. The van der Waals surface area contributed by atoms with Crippen molar-refractivity contribution in [2.45, 2.75) is 37.6 Å². The molecule has 1 aliphatic rings. The molecular formula is C14H25N3O2S2. The predicted octanol–water partition coefficient (Wildman–Crippen LogP) is 1.57. The first-order valence-electron chi connectivity index (χ1n) is 7.46. The average Bonchev–Trinajstić information content (AvgIpc) is 2.95. The second kappa shape index (κ2) is 7.19. The third-order valence-corrected chi connectivity index (χ3v) is 7.08. The molecule has 1 N–H and O–H groups in total. The molecule has 7 heteroatoms. The van der Waals surface area contributed by atoms with Gasteiger partial charge in [0.1, 0.15) is 4.21 Å². The second-order valence-electron chi connectivity index (χ2n) is 5.65. The average molecular weight is 332 g/mol. The number of rotatable bonds is 6. The van der Waals surface area contributed by atoms with Gasteiger partial charge in [0.25, 0.3) is 10.0 Å². The maximum atomic E-state index is 12.6. The van der Waals surface area contributed by atoms with Crippen LogP contribution < -0.4 is 5.32 Å². The molecule has 0 aromatic carbocycles. The summed E-state index contributed by atoms with van der Waals surface area (Å²) in [5.41, 5.74) is 1.04. The molecule has 1 aliphatic heterocycles. The van der Waals surface area contributed by atoms with Gasteiger partial charge in [-0.2, -0.15) is 4.31 Å². The minimum absolute atomic E-state index is 0.395. The first-order chi connectivity index (χ1) is 9.93. The number of likely N-dealkylation sites (N-methyl/N-ethyl adjacent to an activating group) is 1. The van der Waals surface area contributed by atoms with E-state index in [4.69, 9.17) is 0 Å². The highest BCUT2D eigenvalue weighted by Crippen LogP contribution is 2.24. The van der Waals surface area contributed by atoms with E-state index in [1.807, 2.05) is 11.4 Å². The molecule has 120 valence electrons. The highest BCUT2D eigenvalue weighted by atomic mass is 32.2. The molecule has 0 aliphatic carbocycles. The maximum Gasteiger partial charge on any atom is 0.252 e. The van der Waals surface area contributed by atoms with Gasteiger partial charge in [0.05, 0.1) is 0 Å². The number of piperazine rings is 1. The minimum atomic E-state index is -3.31. The summed E-state index contributed by atoms with van der Waals surface area (Å²) in [7, 11) is -3.31. The summed E-state index contributed by atoms with van der Waals surface area (Å²) in [6.45, 7) is 10.8. The van der Waals surface area contributed by atoms with E-state index in [0.717, 1.165) is 25.2 Å². The second-order valence-corrected chi connectivity index (χ2v) is 8.72. The molecule has 2 heterocycles. The summed E-state index contributed by atoms with van der Waals surface area (Å²) < 4.78 is 27.3. The van der Waals surface area contributed by atoms with Crippen molar-refractivity contribution in [1.82, 2.24) is 14.5 Å². The first kappa shape index (κ1) is 16.9. The fraction of sp³-hybridized carbons (Fsp3) is 0.714. The topological polar surface area (TPSA) is 52.7 Å². The molecule has 0 amide bonds. The van der Waals surface area contributed by atoms with E-state index < -0.39 is 10.0 Å². The Morgan fingerprint density at radius 1 is 1.29 bits per heavy atom. The van der Waals surface area contributed by atoms with Gasteiger partial charge < -0.3 is 10.2 Å². The van der Waals surface area contributed by atoms with E-state index in [0.29, 0.717) is 29.9 Å². The molecule has 0 radical (unpaired) electrons. The summed E-state index contributed by atoms with van der Waals surface area (Å²) in [6, 6.07) is 2.20. The third-order valence-electron chi connectivity index (χ3n) is 3.72. The standard InChI is InChI=1S/C14H25N3O2S2/c1-4-16-5-7-17(8-6-16)21(18,19)14-9-13(11-20-14)10-15-12(2)3/h9,11-12,15H,4-8,10H2,1-3H3. The van der Waals surface area contributed by atoms with Crippen LogP contribution in [0.1, 0.15) is 26.3 Å². The normalized spacial score (nSPS) is 18.5. The lowest BCUT2D eigenvalue weighted by Gasteiger charge is -2.32. The van der Waals surface area contributed by atoms with Crippen molar-refractivity contribution in [2.75, 3.05) is 32.7 Å². The lowest BCUT2D eigenvalue weighted by Crippen LogP contribution is -2.48. The number of thiophene rings is 1. The van der Waals surface area contributed by atoms with Gasteiger partial charge in [0.15, 0.2) is 0 Å². The number of nitrogens with zero attached hydrogens (tertiary/aromatic N) is 2. The molecule has 0 atom stereocenters.